The summed E-state index contributed by atoms with van der Waals surface area (Å²) in [5.74, 6) is -0.383. The van der Waals surface area contributed by atoms with Gasteiger partial charge in [0.05, 0.1) is 0 Å². The number of carbonyl (C=O) groups excluding carboxylic acids is 2. The number of carbonyl (C=O) groups is 2. The van der Waals surface area contributed by atoms with Crippen molar-refractivity contribution in [3.8, 4) is 0 Å². The third-order valence-corrected chi connectivity index (χ3v) is 3.52. The average Bonchev–Trinajstić information content (AvgIpc) is 2.48. The van der Waals surface area contributed by atoms with Crippen molar-refractivity contribution in [1.29, 1.82) is 0 Å². The van der Waals surface area contributed by atoms with Crippen LogP contribution < -0.4 is 16.0 Å². The second-order valence-electron chi connectivity index (χ2n) is 5.49. The zero-order valence-electron chi connectivity index (χ0n) is 13.8. The first kappa shape index (κ1) is 17.6. The molecule has 0 saturated heterocycles. The fraction of sp³-hybridized carbons (Fsp3) is 0.167. The van der Waals surface area contributed by atoms with Crippen molar-refractivity contribution in [3.05, 3.63) is 59.2 Å². The molecule has 0 aromatic heterocycles. The molecule has 0 saturated carbocycles. The predicted octanol–water partition coefficient (Wildman–Crippen LogP) is 3.39. The van der Waals surface area contributed by atoms with Crippen molar-refractivity contribution in [2.75, 3.05) is 10.6 Å². The molecular weight excluding hydrogens is 322 g/mol. The van der Waals surface area contributed by atoms with Gasteiger partial charge in [-0.25, -0.2) is 0 Å². The van der Waals surface area contributed by atoms with Gasteiger partial charge >= 0.3 is 0 Å². The van der Waals surface area contributed by atoms with Gasteiger partial charge in [-0.3, -0.25) is 14.9 Å². The number of thiocarbonyl (C=S) groups is 1. The quantitative estimate of drug-likeness (QED) is 0.749. The summed E-state index contributed by atoms with van der Waals surface area (Å²) in [5, 5.41) is 8.50. The molecule has 3 N–H and O–H groups in total. The van der Waals surface area contributed by atoms with Crippen molar-refractivity contribution in [2.45, 2.75) is 20.8 Å². The summed E-state index contributed by atoms with van der Waals surface area (Å²) in [6.45, 7) is 5.31. The van der Waals surface area contributed by atoms with Crippen LogP contribution in [-0.4, -0.2) is 16.9 Å². The molecule has 5 nitrogen and oxygen atoms in total. The van der Waals surface area contributed by atoms with E-state index < -0.39 is 0 Å². The Labute approximate surface area is 146 Å². The molecule has 0 radical (unpaired) electrons. The van der Waals surface area contributed by atoms with E-state index in [0.29, 0.717) is 11.3 Å². The number of hydrogen-bond acceptors (Lipinski definition) is 3. The Morgan fingerprint density at radius 1 is 0.917 bits per heavy atom. The molecule has 2 aromatic rings. The zero-order valence-corrected chi connectivity index (χ0v) is 14.6. The maximum atomic E-state index is 12.3. The van der Waals surface area contributed by atoms with Crippen LogP contribution >= 0.6 is 12.2 Å². The molecular formula is C18H19N3O2S. The maximum Gasteiger partial charge on any atom is 0.257 e. The Morgan fingerprint density at radius 3 is 2.04 bits per heavy atom. The number of anilines is 2. The highest BCUT2D eigenvalue weighted by Crippen LogP contribution is 2.14. The van der Waals surface area contributed by atoms with Gasteiger partial charge in [0.25, 0.3) is 5.91 Å². The lowest BCUT2D eigenvalue weighted by molar-refractivity contribution is -0.114. The van der Waals surface area contributed by atoms with Crippen LogP contribution in [0.2, 0.25) is 0 Å². The Balaban J connectivity index is 1.97. The smallest absolute Gasteiger partial charge is 0.257 e. The summed E-state index contributed by atoms with van der Waals surface area (Å²) in [7, 11) is 0. The standard InChI is InChI=1S/C18H19N3O2S/c1-11-4-9-16(12(2)10-11)17(23)21-18(24)20-15-7-5-14(6-8-15)19-13(3)22/h4-10H,1-3H3,(H,19,22)(H2,20,21,23,24). The van der Waals surface area contributed by atoms with Crippen molar-refractivity contribution in [3.63, 3.8) is 0 Å². The molecule has 0 heterocycles. The molecule has 2 rings (SSSR count). The Bertz CT molecular complexity index is 785. The molecule has 0 aliphatic carbocycles. The molecule has 124 valence electrons. The molecule has 0 unspecified atom stereocenters. The Morgan fingerprint density at radius 2 is 1.50 bits per heavy atom. The van der Waals surface area contributed by atoms with Crippen LogP contribution in [0.3, 0.4) is 0 Å². The normalized spacial score (nSPS) is 9.96. The van der Waals surface area contributed by atoms with E-state index >= 15 is 0 Å². The van der Waals surface area contributed by atoms with E-state index in [1.54, 1.807) is 30.3 Å². The van der Waals surface area contributed by atoms with Crippen LogP contribution in [0.25, 0.3) is 0 Å². The number of aryl methyl sites for hydroxylation is 2. The summed E-state index contributed by atoms with van der Waals surface area (Å²) in [6.07, 6.45) is 0. The summed E-state index contributed by atoms with van der Waals surface area (Å²) in [6, 6.07) is 12.6. The van der Waals surface area contributed by atoms with Gasteiger partial charge in [0, 0.05) is 23.9 Å². The summed E-state index contributed by atoms with van der Waals surface area (Å²) in [5.41, 5.74) is 4.00. The van der Waals surface area contributed by atoms with E-state index in [-0.39, 0.29) is 16.9 Å². The van der Waals surface area contributed by atoms with E-state index in [0.717, 1.165) is 16.8 Å². The van der Waals surface area contributed by atoms with E-state index in [2.05, 4.69) is 16.0 Å². The average molecular weight is 341 g/mol. The lowest BCUT2D eigenvalue weighted by Gasteiger charge is -2.11. The predicted molar refractivity (Wildman–Crippen MR) is 100 cm³/mol. The fourth-order valence-electron chi connectivity index (χ4n) is 2.24. The minimum atomic E-state index is -0.250. The first-order chi connectivity index (χ1) is 11.3. The number of nitrogens with one attached hydrogen (secondary N) is 3. The van der Waals surface area contributed by atoms with Crippen LogP contribution in [-0.2, 0) is 4.79 Å². The number of rotatable bonds is 3. The second-order valence-corrected chi connectivity index (χ2v) is 5.89. The van der Waals surface area contributed by atoms with Crippen molar-refractivity contribution in [1.82, 2.24) is 5.32 Å². The maximum absolute atomic E-state index is 12.3. The van der Waals surface area contributed by atoms with E-state index in [1.807, 2.05) is 26.0 Å². The Kier molecular flexibility index (Phi) is 5.65. The molecule has 0 aliphatic rings. The van der Waals surface area contributed by atoms with E-state index in [9.17, 15) is 9.59 Å². The topological polar surface area (TPSA) is 70.2 Å². The molecule has 2 aromatic carbocycles. The number of hydrogen-bond donors (Lipinski definition) is 3. The number of amides is 2. The van der Waals surface area contributed by atoms with Crippen LogP contribution in [0.15, 0.2) is 42.5 Å². The van der Waals surface area contributed by atoms with Gasteiger partial charge in [-0.05, 0) is 62.0 Å². The lowest BCUT2D eigenvalue weighted by Crippen LogP contribution is -2.34. The summed E-state index contributed by atoms with van der Waals surface area (Å²) in [4.78, 5) is 23.3. The van der Waals surface area contributed by atoms with Gasteiger partial charge in [0.1, 0.15) is 0 Å². The van der Waals surface area contributed by atoms with E-state index in [1.165, 1.54) is 6.92 Å². The summed E-state index contributed by atoms with van der Waals surface area (Å²) >= 11 is 5.17. The minimum Gasteiger partial charge on any atom is -0.332 e. The SMILES string of the molecule is CC(=O)Nc1ccc(NC(=S)NC(=O)c2ccc(C)cc2C)cc1. The van der Waals surface area contributed by atoms with Gasteiger partial charge in [0.2, 0.25) is 5.91 Å². The molecule has 0 bridgehead atoms. The minimum absolute atomic E-state index is 0.132. The highest BCUT2D eigenvalue weighted by molar-refractivity contribution is 7.80. The highest BCUT2D eigenvalue weighted by Gasteiger charge is 2.10. The van der Waals surface area contributed by atoms with Crippen molar-refractivity contribution >= 4 is 40.5 Å². The molecule has 0 atom stereocenters. The Hall–Kier alpha value is -2.73. The third kappa shape index (κ3) is 4.89. The summed E-state index contributed by atoms with van der Waals surface area (Å²) < 4.78 is 0. The molecule has 2 amide bonds. The third-order valence-electron chi connectivity index (χ3n) is 3.32. The fourth-order valence-corrected chi connectivity index (χ4v) is 2.45. The first-order valence-electron chi connectivity index (χ1n) is 7.42. The van der Waals surface area contributed by atoms with Crippen LogP contribution in [0, 0.1) is 13.8 Å². The molecule has 6 heteroatoms. The van der Waals surface area contributed by atoms with Gasteiger partial charge in [-0.1, -0.05) is 17.7 Å². The number of benzene rings is 2. The second kappa shape index (κ2) is 7.70. The largest absolute Gasteiger partial charge is 0.332 e. The molecule has 0 fully saturated rings. The van der Waals surface area contributed by atoms with E-state index in [4.69, 9.17) is 12.2 Å². The van der Waals surface area contributed by atoms with Crippen LogP contribution in [0.4, 0.5) is 11.4 Å². The first-order valence-corrected chi connectivity index (χ1v) is 7.83. The monoisotopic (exact) mass is 341 g/mol. The van der Waals surface area contributed by atoms with Gasteiger partial charge < -0.3 is 10.6 Å². The van der Waals surface area contributed by atoms with Gasteiger partial charge in [-0.2, -0.15) is 0 Å². The molecule has 24 heavy (non-hydrogen) atoms. The van der Waals surface area contributed by atoms with Gasteiger partial charge in [0.15, 0.2) is 5.11 Å². The molecule has 0 spiro atoms. The lowest BCUT2D eigenvalue weighted by atomic mass is 10.1. The van der Waals surface area contributed by atoms with Crippen LogP contribution in [0.1, 0.15) is 28.4 Å². The van der Waals surface area contributed by atoms with Crippen molar-refractivity contribution in [2.24, 2.45) is 0 Å². The zero-order chi connectivity index (χ0) is 17.7. The van der Waals surface area contributed by atoms with Crippen LogP contribution in [0.5, 0.6) is 0 Å². The van der Waals surface area contributed by atoms with Crippen molar-refractivity contribution < 1.29 is 9.59 Å². The molecule has 0 aliphatic heterocycles. The highest BCUT2D eigenvalue weighted by atomic mass is 32.1. The van der Waals surface area contributed by atoms with Gasteiger partial charge in [-0.15, -0.1) is 0 Å².